The van der Waals surface area contributed by atoms with Crippen molar-refractivity contribution in [2.75, 3.05) is 32.7 Å². The summed E-state index contributed by atoms with van der Waals surface area (Å²) in [6.45, 7) is 3.83. The van der Waals surface area contributed by atoms with Crippen LogP contribution < -0.4 is 5.32 Å². The van der Waals surface area contributed by atoms with Crippen LogP contribution in [0.5, 0.6) is 0 Å². The molecular weight excluding hydrogens is 426 g/mol. The van der Waals surface area contributed by atoms with E-state index in [1.807, 2.05) is 72.5 Å². The third kappa shape index (κ3) is 5.45. The number of hydrogen-bond acceptors (Lipinski definition) is 5. The van der Waals surface area contributed by atoms with Crippen LogP contribution >= 0.6 is 0 Å². The molecule has 1 N–H and O–H groups in total. The topological polar surface area (TPSA) is 82.9 Å². The van der Waals surface area contributed by atoms with Gasteiger partial charge in [-0.2, -0.15) is 4.31 Å². The maximum atomic E-state index is 12.6. The van der Waals surface area contributed by atoms with Gasteiger partial charge in [-0.3, -0.25) is 9.69 Å². The number of hydrogen-bond donors (Lipinski definition) is 1. The van der Waals surface area contributed by atoms with Crippen molar-refractivity contribution in [3.05, 3.63) is 77.4 Å². The van der Waals surface area contributed by atoms with Gasteiger partial charge in [-0.05, 0) is 30.7 Å². The van der Waals surface area contributed by atoms with Crippen molar-refractivity contribution in [3.8, 4) is 0 Å². The number of piperazine rings is 1. The predicted octanol–water partition coefficient (Wildman–Crippen LogP) is 3.23. The molecule has 1 aromatic heterocycles. The van der Waals surface area contributed by atoms with E-state index in [1.54, 1.807) is 6.08 Å². The minimum absolute atomic E-state index is 0.113. The Balaban J connectivity index is 1.27. The number of para-hydroxylation sites is 1. The van der Waals surface area contributed by atoms with Crippen molar-refractivity contribution in [2.45, 2.75) is 13.0 Å². The summed E-state index contributed by atoms with van der Waals surface area (Å²) < 4.78 is 32.5. The molecule has 0 bridgehead atoms. The first-order chi connectivity index (χ1) is 15.4. The molecular formula is C24H27N3O4S. The number of sulfonamides is 1. The molecule has 0 aliphatic carbocycles. The van der Waals surface area contributed by atoms with Crippen molar-refractivity contribution in [2.24, 2.45) is 0 Å². The Labute approximate surface area is 188 Å². The number of rotatable bonds is 7. The van der Waals surface area contributed by atoms with Gasteiger partial charge in [-0.15, -0.1) is 0 Å². The first-order valence-corrected chi connectivity index (χ1v) is 12.1. The molecule has 7 nitrogen and oxygen atoms in total. The maximum absolute atomic E-state index is 12.6. The molecule has 0 spiro atoms. The van der Waals surface area contributed by atoms with E-state index in [9.17, 15) is 13.2 Å². The molecule has 2 aromatic carbocycles. The smallest absolute Gasteiger partial charge is 0.236 e. The lowest BCUT2D eigenvalue weighted by Crippen LogP contribution is -2.50. The van der Waals surface area contributed by atoms with Crippen molar-refractivity contribution in [3.63, 3.8) is 0 Å². The van der Waals surface area contributed by atoms with E-state index in [-0.39, 0.29) is 18.5 Å². The first-order valence-electron chi connectivity index (χ1n) is 10.6. The molecule has 168 valence electrons. The molecule has 2 heterocycles. The maximum Gasteiger partial charge on any atom is 0.236 e. The molecule has 1 saturated heterocycles. The van der Waals surface area contributed by atoms with Crippen molar-refractivity contribution >= 4 is 33.0 Å². The summed E-state index contributed by atoms with van der Waals surface area (Å²) >= 11 is 0. The quantitative estimate of drug-likeness (QED) is 0.594. The molecule has 8 heteroatoms. The van der Waals surface area contributed by atoms with Gasteiger partial charge in [0.2, 0.25) is 15.9 Å². The Morgan fingerprint density at radius 2 is 1.75 bits per heavy atom. The zero-order valence-electron chi connectivity index (χ0n) is 18.0. The van der Waals surface area contributed by atoms with Crippen LogP contribution in [0.2, 0.25) is 0 Å². The second kappa shape index (κ2) is 9.68. The van der Waals surface area contributed by atoms with E-state index in [4.69, 9.17) is 4.42 Å². The van der Waals surface area contributed by atoms with Crippen molar-refractivity contribution in [1.82, 2.24) is 14.5 Å². The summed E-state index contributed by atoms with van der Waals surface area (Å²) in [6, 6.07) is 18.7. The number of fused-ring (bicyclic) bond motifs is 1. The van der Waals surface area contributed by atoms with Crippen LogP contribution in [0.4, 0.5) is 0 Å². The lowest BCUT2D eigenvalue weighted by molar-refractivity contribution is -0.123. The number of furan rings is 1. The lowest BCUT2D eigenvalue weighted by Gasteiger charge is -2.33. The number of benzene rings is 2. The largest absolute Gasteiger partial charge is 0.459 e. The van der Waals surface area contributed by atoms with Gasteiger partial charge in [0, 0.05) is 37.0 Å². The molecule has 1 aliphatic rings. The Hall–Kier alpha value is -2.94. The normalized spacial score (nSPS) is 17.0. The fraction of sp³-hybridized carbons (Fsp3) is 0.292. The third-order valence-electron chi connectivity index (χ3n) is 5.54. The molecule has 0 saturated carbocycles. The standard InChI is InChI=1S/C24H27N3O4S/c1-19(23-17-21-9-5-6-10-22(21)31-23)25-24(28)18-26-12-14-27(15-13-26)32(29,30)16-11-20-7-3-2-4-8-20/h2-11,16-17,19H,12-15,18H2,1H3,(H,25,28). The first kappa shape index (κ1) is 22.3. The van der Waals surface area contributed by atoms with Crippen LogP contribution in [0.1, 0.15) is 24.3 Å². The highest BCUT2D eigenvalue weighted by Gasteiger charge is 2.26. The molecule has 1 aliphatic heterocycles. The number of carbonyl (C=O) groups is 1. The van der Waals surface area contributed by atoms with Crippen LogP contribution in [-0.2, 0) is 14.8 Å². The Bertz CT molecular complexity index is 1160. The van der Waals surface area contributed by atoms with E-state index in [0.29, 0.717) is 31.9 Å². The van der Waals surface area contributed by atoms with E-state index in [2.05, 4.69) is 5.32 Å². The molecule has 4 rings (SSSR count). The summed E-state index contributed by atoms with van der Waals surface area (Å²) in [7, 11) is -3.49. The molecule has 32 heavy (non-hydrogen) atoms. The summed E-state index contributed by atoms with van der Waals surface area (Å²) in [5.74, 6) is 0.596. The van der Waals surface area contributed by atoms with Crippen LogP contribution in [0.25, 0.3) is 17.0 Å². The summed E-state index contributed by atoms with van der Waals surface area (Å²) in [5, 5.41) is 5.22. The lowest BCUT2D eigenvalue weighted by atomic mass is 10.2. The second-order valence-electron chi connectivity index (χ2n) is 7.91. The average Bonchev–Trinajstić information content (AvgIpc) is 3.23. The zero-order chi connectivity index (χ0) is 22.6. The fourth-order valence-corrected chi connectivity index (χ4v) is 4.91. The fourth-order valence-electron chi connectivity index (χ4n) is 3.73. The van der Waals surface area contributed by atoms with E-state index < -0.39 is 10.0 Å². The monoisotopic (exact) mass is 453 g/mol. The highest BCUT2D eigenvalue weighted by Crippen LogP contribution is 2.23. The van der Waals surface area contributed by atoms with Gasteiger partial charge in [-0.25, -0.2) is 8.42 Å². The van der Waals surface area contributed by atoms with Crippen molar-refractivity contribution in [1.29, 1.82) is 0 Å². The molecule has 3 aromatic rings. The predicted molar refractivity (Wildman–Crippen MR) is 125 cm³/mol. The van der Waals surface area contributed by atoms with Gasteiger partial charge in [0.25, 0.3) is 0 Å². The van der Waals surface area contributed by atoms with Crippen molar-refractivity contribution < 1.29 is 17.6 Å². The SMILES string of the molecule is CC(NC(=O)CN1CCN(S(=O)(=O)C=Cc2ccccc2)CC1)c1cc2ccccc2o1. The van der Waals surface area contributed by atoms with Gasteiger partial charge in [0.1, 0.15) is 11.3 Å². The third-order valence-corrected chi connectivity index (χ3v) is 7.10. The number of carbonyl (C=O) groups excluding carboxylic acids is 1. The summed E-state index contributed by atoms with van der Waals surface area (Å²) in [4.78, 5) is 14.5. The zero-order valence-corrected chi connectivity index (χ0v) is 18.8. The van der Waals surface area contributed by atoms with Crippen LogP contribution in [0, 0.1) is 0 Å². The summed E-state index contributed by atoms with van der Waals surface area (Å²) in [6.07, 6.45) is 1.61. The highest BCUT2D eigenvalue weighted by molar-refractivity contribution is 7.92. The van der Waals surface area contributed by atoms with Gasteiger partial charge in [0.15, 0.2) is 0 Å². The second-order valence-corrected chi connectivity index (χ2v) is 9.73. The molecule has 1 atom stereocenters. The van der Waals surface area contributed by atoms with Gasteiger partial charge < -0.3 is 9.73 Å². The number of nitrogens with one attached hydrogen (secondary N) is 1. The Kier molecular flexibility index (Phi) is 6.74. The van der Waals surface area contributed by atoms with E-state index in [1.165, 1.54) is 9.71 Å². The average molecular weight is 454 g/mol. The van der Waals surface area contributed by atoms with Gasteiger partial charge >= 0.3 is 0 Å². The highest BCUT2D eigenvalue weighted by atomic mass is 32.2. The Morgan fingerprint density at radius 1 is 1.06 bits per heavy atom. The van der Waals surface area contributed by atoms with Crippen LogP contribution in [0.3, 0.4) is 0 Å². The van der Waals surface area contributed by atoms with Crippen LogP contribution in [0.15, 0.2) is 70.5 Å². The number of amides is 1. The molecule has 1 unspecified atom stereocenters. The van der Waals surface area contributed by atoms with Gasteiger partial charge in [0.05, 0.1) is 12.6 Å². The molecule has 0 radical (unpaired) electrons. The van der Waals surface area contributed by atoms with Gasteiger partial charge in [-0.1, -0.05) is 48.5 Å². The van der Waals surface area contributed by atoms with E-state index >= 15 is 0 Å². The molecule has 1 fully saturated rings. The minimum Gasteiger partial charge on any atom is -0.459 e. The Morgan fingerprint density at radius 3 is 2.47 bits per heavy atom. The minimum atomic E-state index is -3.49. The molecule has 1 amide bonds. The number of nitrogens with zero attached hydrogens (tertiary/aromatic N) is 2. The van der Waals surface area contributed by atoms with Crippen LogP contribution in [-0.4, -0.2) is 56.3 Å². The summed E-state index contributed by atoms with van der Waals surface area (Å²) in [5.41, 5.74) is 1.63. The van der Waals surface area contributed by atoms with E-state index in [0.717, 1.165) is 16.5 Å².